The first-order valence-electron chi connectivity index (χ1n) is 10.6. The average Bonchev–Trinajstić information content (AvgIpc) is 2.66. The molecular weight excluding hydrogens is 318 g/mol. The summed E-state index contributed by atoms with van der Waals surface area (Å²) in [6.07, 6.45) is 16.5. The maximum atomic E-state index is 5.68. The van der Waals surface area contributed by atoms with Crippen LogP contribution in [0, 0.1) is 0 Å². The summed E-state index contributed by atoms with van der Waals surface area (Å²) in [7, 11) is 0. The van der Waals surface area contributed by atoms with Crippen molar-refractivity contribution in [2.45, 2.75) is 84.0 Å². The molecule has 0 aromatic heterocycles. The molecule has 26 heavy (non-hydrogen) atoms. The van der Waals surface area contributed by atoms with Crippen LogP contribution in [0.5, 0.6) is 5.75 Å². The predicted octanol–water partition coefficient (Wildman–Crippen LogP) is 7.38. The summed E-state index contributed by atoms with van der Waals surface area (Å²) >= 11 is 0. The fraction of sp³-hybridized carbons (Fsp3) is 0.583. The summed E-state index contributed by atoms with van der Waals surface area (Å²) in [4.78, 5) is 0. The molecule has 0 fully saturated rings. The van der Waals surface area contributed by atoms with E-state index in [9.17, 15) is 0 Å². The summed E-state index contributed by atoms with van der Waals surface area (Å²) in [6, 6.07) is 9.71. The van der Waals surface area contributed by atoms with Crippen LogP contribution in [0.25, 0.3) is 0 Å². The van der Waals surface area contributed by atoms with E-state index in [1.165, 1.54) is 77.0 Å². The molecule has 0 unspecified atom stereocenters. The topological polar surface area (TPSA) is 21.3 Å². The molecule has 0 atom stereocenters. The number of rotatable bonds is 17. The molecule has 0 saturated carbocycles. The van der Waals surface area contributed by atoms with E-state index in [1.807, 2.05) is 30.3 Å². The minimum Gasteiger partial charge on any atom is -0.456 e. The molecule has 0 saturated heterocycles. The molecule has 0 aliphatic rings. The number of para-hydroxylation sites is 1. The minimum atomic E-state index is 0.593. The van der Waals surface area contributed by atoms with Gasteiger partial charge in [0.15, 0.2) is 0 Å². The van der Waals surface area contributed by atoms with Crippen molar-refractivity contribution in [1.29, 1.82) is 0 Å². The van der Waals surface area contributed by atoms with E-state index in [1.54, 1.807) is 0 Å². The van der Waals surface area contributed by atoms with Crippen molar-refractivity contribution in [3.8, 4) is 5.75 Å². The highest BCUT2D eigenvalue weighted by molar-refractivity contribution is 5.28. The first kappa shape index (κ1) is 22.3. The Bertz CT molecular complexity index is 480. The van der Waals surface area contributed by atoms with E-state index < -0.39 is 0 Å². The van der Waals surface area contributed by atoms with E-state index in [0.29, 0.717) is 5.76 Å². The number of nitrogens with one attached hydrogen (secondary N) is 1. The highest BCUT2D eigenvalue weighted by Crippen LogP contribution is 2.15. The zero-order chi connectivity index (χ0) is 18.9. The molecule has 0 aliphatic heterocycles. The summed E-state index contributed by atoms with van der Waals surface area (Å²) in [6.45, 7) is 11.2. The monoisotopic (exact) mass is 357 g/mol. The Hall–Kier alpha value is -1.70. The van der Waals surface area contributed by atoms with E-state index in [0.717, 1.165) is 18.0 Å². The largest absolute Gasteiger partial charge is 0.456 e. The van der Waals surface area contributed by atoms with Gasteiger partial charge in [-0.3, -0.25) is 0 Å². The average molecular weight is 358 g/mol. The minimum absolute atomic E-state index is 0.593. The van der Waals surface area contributed by atoms with Gasteiger partial charge in [-0.15, -0.1) is 0 Å². The second-order valence-corrected chi connectivity index (χ2v) is 7.13. The molecule has 2 heteroatoms. The Morgan fingerprint density at radius 1 is 0.769 bits per heavy atom. The van der Waals surface area contributed by atoms with E-state index >= 15 is 0 Å². The number of benzene rings is 1. The third-order valence-corrected chi connectivity index (χ3v) is 4.69. The fourth-order valence-corrected chi connectivity index (χ4v) is 3.00. The Morgan fingerprint density at radius 2 is 1.27 bits per heavy atom. The number of hydrogen-bond donors (Lipinski definition) is 1. The lowest BCUT2D eigenvalue weighted by atomic mass is 10.1. The molecular formula is C24H39NO. The van der Waals surface area contributed by atoms with Gasteiger partial charge < -0.3 is 10.1 Å². The maximum Gasteiger partial charge on any atom is 0.142 e. The Balaban J connectivity index is 1.89. The van der Waals surface area contributed by atoms with Crippen molar-refractivity contribution in [2.24, 2.45) is 0 Å². The molecule has 0 heterocycles. The molecule has 2 nitrogen and oxygen atoms in total. The molecule has 1 aromatic carbocycles. The highest BCUT2D eigenvalue weighted by atomic mass is 16.5. The molecule has 1 N–H and O–H groups in total. The van der Waals surface area contributed by atoms with Gasteiger partial charge >= 0.3 is 0 Å². The predicted molar refractivity (Wildman–Crippen MR) is 114 cm³/mol. The van der Waals surface area contributed by atoms with E-state index in [-0.39, 0.29) is 0 Å². The van der Waals surface area contributed by atoms with Gasteiger partial charge in [-0.05, 0) is 18.6 Å². The SMILES string of the molecule is C=C(NCCCCCCCCCCCCCC)C(=C)Oc1ccccc1. The molecule has 0 radical (unpaired) electrons. The third kappa shape index (κ3) is 11.8. The van der Waals surface area contributed by atoms with Gasteiger partial charge in [-0.1, -0.05) is 109 Å². The van der Waals surface area contributed by atoms with Crippen LogP contribution < -0.4 is 10.1 Å². The van der Waals surface area contributed by atoms with Crippen molar-refractivity contribution in [3.63, 3.8) is 0 Å². The van der Waals surface area contributed by atoms with E-state index in [2.05, 4.69) is 25.4 Å². The molecule has 0 bridgehead atoms. The van der Waals surface area contributed by atoms with Crippen LogP contribution in [0.15, 0.2) is 54.9 Å². The Labute approximate surface area is 161 Å². The Morgan fingerprint density at radius 3 is 1.81 bits per heavy atom. The fourth-order valence-electron chi connectivity index (χ4n) is 3.00. The normalized spacial score (nSPS) is 10.5. The zero-order valence-corrected chi connectivity index (χ0v) is 16.9. The second kappa shape index (κ2) is 15.5. The van der Waals surface area contributed by atoms with Gasteiger partial charge in [-0.25, -0.2) is 0 Å². The maximum absolute atomic E-state index is 5.68. The Kier molecular flexibility index (Phi) is 13.4. The highest BCUT2D eigenvalue weighted by Gasteiger charge is 2.02. The quantitative estimate of drug-likeness (QED) is 0.178. The third-order valence-electron chi connectivity index (χ3n) is 4.69. The van der Waals surface area contributed by atoms with Gasteiger partial charge in [0.05, 0.1) is 5.70 Å². The number of ether oxygens (including phenoxy) is 1. The van der Waals surface area contributed by atoms with Crippen molar-refractivity contribution in [3.05, 3.63) is 54.9 Å². The molecule has 0 spiro atoms. The van der Waals surface area contributed by atoms with Gasteiger partial charge in [0.25, 0.3) is 0 Å². The molecule has 0 amide bonds. The van der Waals surface area contributed by atoms with Gasteiger partial charge in [-0.2, -0.15) is 0 Å². The number of hydrogen-bond acceptors (Lipinski definition) is 2. The standard InChI is InChI=1S/C24H39NO/c1-4-5-6-7-8-9-10-11-12-13-14-18-21-25-22(2)23(3)26-24-19-16-15-17-20-24/h15-17,19-20,25H,2-14,18,21H2,1H3. The molecule has 1 aromatic rings. The van der Waals surface area contributed by atoms with Crippen molar-refractivity contribution >= 4 is 0 Å². The smallest absolute Gasteiger partial charge is 0.142 e. The van der Waals surface area contributed by atoms with E-state index in [4.69, 9.17) is 4.74 Å². The summed E-state index contributed by atoms with van der Waals surface area (Å²) < 4.78 is 5.68. The lowest BCUT2D eigenvalue weighted by Gasteiger charge is -2.13. The first-order valence-corrected chi connectivity index (χ1v) is 10.6. The van der Waals surface area contributed by atoms with Crippen LogP contribution in [0.4, 0.5) is 0 Å². The van der Waals surface area contributed by atoms with Crippen LogP contribution in [0.1, 0.15) is 84.0 Å². The van der Waals surface area contributed by atoms with Gasteiger partial charge in [0, 0.05) is 6.54 Å². The lowest BCUT2D eigenvalue weighted by Crippen LogP contribution is -2.17. The summed E-state index contributed by atoms with van der Waals surface area (Å²) in [5.41, 5.74) is 0.775. The first-order chi connectivity index (χ1) is 12.7. The van der Waals surface area contributed by atoms with Crippen molar-refractivity contribution in [1.82, 2.24) is 5.32 Å². The second-order valence-electron chi connectivity index (χ2n) is 7.13. The van der Waals surface area contributed by atoms with Crippen LogP contribution in [-0.2, 0) is 0 Å². The van der Waals surface area contributed by atoms with Crippen LogP contribution in [-0.4, -0.2) is 6.54 Å². The van der Waals surface area contributed by atoms with Crippen LogP contribution >= 0.6 is 0 Å². The summed E-state index contributed by atoms with van der Waals surface area (Å²) in [5.74, 6) is 1.39. The van der Waals surface area contributed by atoms with Crippen LogP contribution in [0.2, 0.25) is 0 Å². The van der Waals surface area contributed by atoms with Gasteiger partial charge in [0.1, 0.15) is 11.5 Å². The van der Waals surface area contributed by atoms with Crippen LogP contribution in [0.3, 0.4) is 0 Å². The summed E-state index contributed by atoms with van der Waals surface area (Å²) in [5, 5.41) is 3.32. The zero-order valence-electron chi connectivity index (χ0n) is 16.9. The van der Waals surface area contributed by atoms with Gasteiger partial charge in [0.2, 0.25) is 0 Å². The van der Waals surface area contributed by atoms with Crippen molar-refractivity contribution in [2.75, 3.05) is 6.54 Å². The molecule has 146 valence electrons. The molecule has 0 aliphatic carbocycles. The number of unbranched alkanes of at least 4 members (excludes halogenated alkanes) is 11. The van der Waals surface area contributed by atoms with Crippen molar-refractivity contribution < 1.29 is 4.74 Å². The molecule has 1 rings (SSSR count). The lowest BCUT2D eigenvalue weighted by molar-refractivity contribution is 0.429.